The fraction of sp³-hybridized carbons (Fsp3) is 0.0435. The van der Waals surface area contributed by atoms with E-state index in [1.807, 2.05) is 0 Å². The zero-order valence-electron chi connectivity index (χ0n) is 25.5. The van der Waals surface area contributed by atoms with Gasteiger partial charge in [-0.05, 0) is 82.6 Å². The largest absolute Gasteiger partial charge is 0.0760 e. The molecule has 0 amide bonds. The number of rotatable bonds is 4. The molecule has 0 N–H and O–H groups in total. The van der Waals surface area contributed by atoms with Crippen molar-refractivity contribution in [3.63, 3.8) is 0 Å². The minimum Gasteiger partial charge on any atom is -0.0760 e. The molecule has 7 aromatic rings. The molecule has 2 unspecified atom stereocenters. The monoisotopic (exact) mass is 584 g/mol. The van der Waals surface area contributed by atoms with E-state index in [4.69, 9.17) is 0 Å². The third-order valence-electron chi connectivity index (χ3n) is 9.88. The van der Waals surface area contributed by atoms with Crippen LogP contribution in [0.5, 0.6) is 0 Å². The van der Waals surface area contributed by atoms with Crippen LogP contribution in [0.25, 0.3) is 54.9 Å². The standard InChI is InChI=1S/C46H32/c1-2-12-31(13-3-1)35-15-10-16-36(30-35)32-24-26-34(27-25-32)45-41-18-6-8-20-43(41)46(44-21-9-7-19-42(44)45)40-23-11-22-38-37-17-5-4-14-33(37)28-29-39(38)40/h1-30,41,43H. The van der Waals surface area contributed by atoms with E-state index in [0.29, 0.717) is 0 Å². The maximum Gasteiger partial charge on any atom is 0.0137 e. The Hall–Kier alpha value is -5.72. The van der Waals surface area contributed by atoms with Crippen molar-refractivity contribution in [2.24, 2.45) is 11.8 Å². The molecule has 0 bridgehead atoms. The Morgan fingerprint density at radius 1 is 0.326 bits per heavy atom. The van der Waals surface area contributed by atoms with E-state index in [1.54, 1.807) is 0 Å². The van der Waals surface area contributed by atoms with E-state index >= 15 is 0 Å². The Morgan fingerprint density at radius 3 is 1.67 bits per heavy atom. The fourth-order valence-corrected chi connectivity index (χ4v) is 7.77. The van der Waals surface area contributed by atoms with Crippen molar-refractivity contribution in [3.05, 3.63) is 204 Å². The first-order chi connectivity index (χ1) is 22.8. The Labute approximate surface area is 269 Å². The second-order valence-corrected chi connectivity index (χ2v) is 12.4. The van der Waals surface area contributed by atoms with Gasteiger partial charge in [0.05, 0.1) is 0 Å². The highest BCUT2D eigenvalue weighted by Gasteiger charge is 2.32. The molecule has 0 saturated heterocycles. The molecule has 7 aromatic carbocycles. The van der Waals surface area contributed by atoms with Crippen LogP contribution in [-0.4, -0.2) is 0 Å². The van der Waals surface area contributed by atoms with Gasteiger partial charge in [-0.15, -0.1) is 0 Å². The average molecular weight is 585 g/mol. The lowest BCUT2D eigenvalue weighted by molar-refractivity contribution is 0.687. The number of hydrogen-bond acceptors (Lipinski definition) is 0. The molecule has 0 spiro atoms. The molecule has 0 radical (unpaired) electrons. The summed E-state index contributed by atoms with van der Waals surface area (Å²) in [4.78, 5) is 0. The van der Waals surface area contributed by atoms with Crippen molar-refractivity contribution in [1.82, 2.24) is 0 Å². The van der Waals surface area contributed by atoms with Gasteiger partial charge in [0.15, 0.2) is 0 Å². The van der Waals surface area contributed by atoms with E-state index in [1.165, 1.54) is 76.5 Å². The fourth-order valence-electron chi connectivity index (χ4n) is 7.77. The smallest absolute Gasteiger partial charge is 0.0137 e. The molecule has 0 fully saturated rings. The molecule has 0 nitrogen and oxygen atoms in total. The van der Waals surface area contributed by atoms with Crippen molar-refractivity contribution in [3.8, 4) is 22.3 Å². The van der Waals surface area contributed by atoms with E-state index < -0.39 is 0 Å². The first kappa shape index (κ1) is 26.7. The first-order valence-electron chi connectivity index (χ1n) is 16.2. The first-order valence-corrected chi connectivity index (χ1v) is 16.2. The lowest BCUT2D eigenvalue weighted by atomic mass is 9.69. The highest BCUT2D eigenvalue weighted by atomic mass is 14.3. The Balaban J connectivity index is 1.23. The molecule has 46 heavy (non-hydrogen) atoms. The predicted octanol–water partition coefficient (Wildman–Crippen LogP) is 10.1. The Morgan fingerprint density at radius 2 is 0.891 bits per heavy atom. The van der Waals surface area contributed by atoms with E-state index in [2.05, 4.69) is 182 Å². The normalized spacial score (nSPS) is 16.9. The van der Waals surface area contributed by atoms with E-state index in [-0.39, 0.29) is 11.8 Å². The number of hydrogen-bond donors (Lipinski definition) is 0. The molecular formula is C46H32. The number of benzene rings is 7. The highest BCUT2D eigenvalue weighted by molar-refractivity contribution is 6.11. The molecule has 0 aliphatic heterocycles. The average Bonchev–Trinajstić information content (AvgIpc) is 3.14. The summed E-state index contributed by atoms with van der Waals surface area (Å²) in [5.41, 5.74) is 10.4. The molecular weight excluding hydrogens is 553 g/mol. The van der Waals surface area contributed by atoms with Crippen molar-refractivity contribution in [1.29, 1.82) is 0 Å². The zero-order chi connectivity index (χ0) is 30.5. The third-order valence-corrected chi connectivity index (χ3v) is 9.88. The van der Waals surface area contributed by atoms with Crippen LogP contribution in [0, 0.1) is 11.8 Å². The highest BCUT2D eigenvalue weighted by Crippen LogP contribution is 2.42. The van der Waals surface area contributed by atoms with Crippen molar-refractivity contribution in [2.75, 3.05) is 0 Å². The maximum absolute atomic E-state index is 2.42. The van der Waals surface area contributed by atoms with Gasteiger partial charge >= 0.3 is 0 Å². The van der Waals surface area contributed by atoms with Crippen LogP contribution >= 0.6 is 0 Å². The van der Waals surface area contributed by atoms with Crippen LogP contribution in [0.3, 0.4) is 0 Å². The number of fused-ring (bicyclic) bond motifs is 5. The lowest BCUT2D eigenvalue weighted by Crippen LogP contribution is -2.40. The Kier molecular flexibility index (Phi) is 6.39. The topological polar surface area (TPSA) is 0 Å². The molecule has 2 aliphatic carbocycles. The maximum atomic E-state index is 2.42. The van der Waals surface area contributed by atoms with Gasteiger partial charge in [0.25, 0.3) is 0 Å². The molecule has 0 heteroatoms. The SMILES string of the molecule is C1=CC2C(c3ccc(-c4cccc(-c5ccccc5)c4)cc3)=c3ccccc3=C(c3cccc4c3ccc3ccccc34)C2C=C1. The summed E-state index contributed by atoms with van der Waals surface area (Å²) < 4.78 is 0. The molecule has 2 aliphatic rings. The van der Waals surface area contributed by atoms with Gasteiger partial charge in [-0.3, -0.25) is 0 Å². The van der Waals surface area contributed by atoms with Gasteiger partial charge in [-0.2, -0.15) is 0 Å². The van der Waals surface area contributed by atoms with Crippen LogP contribution in [0.15, 0.2) is 182 Å². The van der Waals surface area contributed by atoms with E-state index in [0.717, 1.165) is 0 Å². The quantitative estimate of drug-likeness (QED) is 0.181. The molecule has 0 aromatic heterocycles. The van der Waals surface area contributed by atoms with Crippen LogP contribution in [0.4, 0.5) is 0 Å². The number of allylic oxidation sites excluding steroid dienone is 4. The third kappa shape index (κ3) is 4.37. The Bertz CT molecular complexity index is 2460. The zero-order valence-corrected chi connectivity index (χ0v) is 25.5. The minimum absolute atomic E-state index is 0.245. The van der Waals surface area contributed by atoms with E-state index in [9.17, 15) is 0 Å². The summed E-state index contributed by atoms with van der Waals surface area (Å²) in [6, 6.07) is 57.9. The van der Waals surface area contributed by atoms with Gasteiger partial charge in [0.2, 0.25) is 0 Å². The second kappa shape index (κ2) is 11.0. The van der Waals surface area contributed by atoms with Gasteiger partial charge in [0.1, 0.15) is 0 Å². The molecule has 0 heterocycles. The minimum atomic E-state index is 0.245. The van der Waals surface area contributed by atoms with Crippen LogP contribution in [0.2, 0.25) is 0 Å². The summed E-state index contributed by atoms with van der Waals surface area (Å²) in [7, 11) is 0. The van der Waals surface area contributed by atoms with Gasteiger partial charge < -0.3 is 0 Å². The summed E-state index contributed by atoms with van der Waals surface area (Å²) in [6.45, 7) is 0. The van der Waals surface area contributed by atoms with Gasteiger partial charge in [0, 0.05) is 11.8 Å². The molecule has 216 valence electrons. The van der Waals surface area contributed by atoms with Crippen LogP contribution in [0.1, 0.15) is 11.1 Å². The summed E-state index contributed by atoms with van der Waals surface area (Å²) in [5.74, 6) is 0.493. The second-order valence-electron chi connectivity index (χ2n) is 12.4. The summed E-state index contributed by atoms with van der Waals surface area (Å²) in [6.07, 6.45) is 9.29. The van der Waals surface area contributed by atoms with Crippen molar-refractivity contribution in [2.45, 2.75) is 0 Å². The van der Waals surface area contributed by atoms with Gasteiger partial charge in [-0.25, -0.2) is 0 Å². The molecule has 2 atom stereocenters. The summed E-state index contributed by atoms with van der Waals surface area (Å²) >= 11 is 0. The molecule has 0 saturated carbocycles. The van der Waals surface area contributed by atoms with Gasteiger partial charge in [-0.1, -0.05) is 176 Å². The van der Waals surface area contributed by atoms with Crippen LogP contribution in [-0.2, 0) is 0 Å². The molecule has 9 rings (SSSR count). The summed E-state index contributed by atoms with van der Waals surface area (Å²) in [5, 5.41) is 7.89. The van der Waals surface area contributed by atoms with Crippen molar-refractivity contribution < 1.29 is 0 Å². The van der Waals surface area contributed by atoms with Crippen molar-refractivity contribution >= 4 is 32.7 Å². The lowest BCUT2D eigenvalue weighted by Gasteiger charge is -2.34. The van der Waals surface area contributed by atoms with Crippen LogP contribution < -0.4 is 10.4 Å². The predicted molar refractivity (Wildman–Crippen MR) is 195 cm³/mol.